The molecule has 0 saturated carbocycles. The minimum Gasteiger partial charge on any atom is -0.497 e. The van der Waals surface area contributed by atoms with Crippen LogP contribution in [0.3, 0.4) is 0 Å². The van der Waals surface area contributed by atoms with E-state index in [1.807, 2.05) is 0 Å². The fraction of sp³-hybridized carbons (Fsp3) is 0.350. The van der Waals surface area contributed by atoms with E-state index in [1.165, 1.54) is 30.7 Å². The molecule has 1 heterocycles. The first-order chi connectivity index (χ1) is 13.8. The van der Waals surface area contributed by atoms with Crippen molar-refractivity contribution in [3.05, 3.63) is 53.8 Å². The fourth-order valence-corrected chi connectivity index (χ4v) is 4.68. The molecule has 0 aromatic heterocycles. The van der Waals surface area contributed by atoms with Crippen LogP contribution in [-0.4, -0.2) is 63.9 Å². The molecule has 0 radical (unpaired) electrons. The lowest BCUT2D eigenvalue weighted by Crippen LogP contribution is -2.37. The summed E-state index contributed by atoms with van der Waals surface area (Å²) < 4.78 is 50.5. The van der Waals surface area contributed by atoms with Gasteiger partial charge >= 0.3 is 0 Å². The zero-order valence-corrected chi connectivity index (χ0v) is 17.1. The van der Waals surface area contributed by atoms with Crippen LogP contribution >= 0.6 is 0 Å². The molecule has 1 aliphatic heterocycles. The summed E-state index contributed by atoms with van der Waals surface area (Å²) in [6.45, 7) is 1.12. The molecule has 0 aliphatic carbocycles. The highest BCUT2D eigenvalue weighted by Crippen LogP contribution is 2.24. The average Bonchev–Trinajstić information content (AvgIpc) is 3.00. The number of halogens is 1. The van der Waals surface area contributed by atoms with Crippen LogP contribution in [0.5, 0.6) is 11.5 Å². The van der Waals surface area contributed by atoms with Gasteiger partial charge in [0, 0.05) is 37.8 Å². The number of ether oxygens (including phenoxy) is 2. The van der Waals surface area contributed by atoms with Gasteiger partial charge in [0.25, 0.3) is 5.91 Å². The highest BCUT2D eigenvalue weighted by molar-refractivity contribution is 7.89. The van der Waals surface area contributed by atoms with Crippen LogP contribution in [0.15, 0.2) is 47.4 Å². The van der Waals surface area contributed by atoms with E-state index in [1.54, 1.807) is 23.1 Å². The second kappa shape index (κ2) is 8.79. The smallest absolute Gasteiger partial charge is 0.254 e. The minimum atomic E-state index is -3.75. The van der Waals surface area contributed by atoms with Crippen molar-refractivity contribution in [1.82, 2.24) is 9.21 Å². The summed E-state index contributed by atoms with van der Waals surface area (Å²) >= 11 is 0. The number of methoxy groups -OCH3 is 2. The Morgan fingerprint density at radius 3 is 2.14 bits per heavy atom. The highest BCUT2D eigenvalue weighted by Gasteiger charge is 2.28. The van der Waals surface area contributed by atoms with E-state index < -0.39 is 15.8 Å². The lowest BCUT2D eigenvalue weighted by atomic mass is 10.1. The van der Waals surface area contributed by atoms with Gasteiger partial charge in [0.2, 0.25) is 10.0 Å². The third-order valence-electron chi connectivity index (χ3n) is 4.79. The average molecular weight is 422 g/mol. The van der Waals surface area contributed by atoms with E-state index in [0.29, 0.717) is 30.0 Å². The SMILES string of the molecule is COc1cc(OC)cc(C(=O)N2CCCN(S(=O)(=O)c3ccc(F)cc3)CC2)c1. The first kappa shape index (κ1) is 21.1. The van der Waals surface area contributed by atoms with Gasteiger partial charge < -0.3 is 14.4 Å². The second-order valence-electron chi connectivity index (χ2n) is 6.61. The zero-order valence-electron chi connectivity index (χ0n) is 16.3. The Morgan fingerprint density at radius 2 is 1.55 bits per heavy atom. The first-order valence-electron chi connectivity index (χ1n) is 9.13. The van der Waals surface area contributed by atoms with E-state index in [9.17, 15) is 17.6 Å². The largest absolute Gasteiger partial charge is 0.497 e. The van der Waals surface area contributed by atoms with E-state index >= 15 is 0 Å². The third-order valence-corrected chi connectivity index (χ3v) is 6.70. The first-order valence-corrected chi connectivity index (χ1v) is 10.6. The van der Waals surface area contributed by atoms with Crippen molar-refractivity contribution < 1.29 is 27.1 Å². The molecule has 7 nitrogen and oxygen atoms in total. The number of nitrogens with zero attached hydrogens (tertiary/aromatic N) is 2. The summed E-state index contributed by atoms with van der Waals surface area (Å²) in [5.41, 5.74) is 0.413. The quantitative estimate of drug-likeness (QED) is 0.740. The molecule has 0 unspecified atom stereocenters. The molecule has 156 valence electrons. The molecule has 2 aromatic carbocycles. The molecule has 29 heavy (non-hydrogen) atoms. The number of carbonyl (C=O) groups is 1. The Bertz CT molecular complexity index is 957. The van der Waals surface area contributed by atoms with Crippen LogP contribution < -0.4 is 9.47 Å². The molecule has 0 spiro atoms. The van der Waals surface area contributed by atoms with E-state index in [0.717, 1.165) is 12.1 Å². The molecular formula is C20H23FN2O5S. The molecule has 1 saturated heterocycles. The van der Waals surface area contributed by atoms with Gasteiger partial charge in [0.15, 0.2) is 0 Å². The standard InChI is InChI=1S/C20H23FN2O5S/c1-27-17-12-15(13-18(14-17)28-2)20(24)22-8-3-9-23(11-10-22)29(25,26)19-6-4-16(21)5-7-19/h4-7,12-14H,3,8-11H2,1-2H3. The summed E-state index contributed by atoms with van der Waals surface area (Å²) in [6, 6.07) is 9.68. The number of hydrogen-bond acceptors (Lipinski definition) is 5. The number of rotatable bonds is 5. The summed E-state index contributed by atoms with van der Waals surface area (Å²) in [5, 5.41) is 0. The van der Waals surface area contributed by atoms with E-state index in [4.69, 9.17) is 9.47 Å². The Balaban J connectivity index is 1.76. The second-order valence-corrected chi connectivity index (χ2v) is 8.54. The van der Waals surface area contributed by atoms with Crippen molar-refractivity contribution in [2.24, 2.45) is 0 Å². The minimum absolute atomic E-state index is 0.0382. The zero-order chi connectivity index (χ0) is 21.0. The third kappa shape index (κ3) is 4.68. The Kier molecular flexibility index (Phi) is 6.39. The summed E-state index contributed by atoms with van der Waals surface area (Å²) in [6.07, 6.45) is 0.493. The fourth-order valence-electron chi connectivity index (χ4n) is 3.21. The van der Waals surface area contributed by atoms with Gasteiger partial charge in [-0.2, -0.15) is 4.31 Å². The van der Waals surface area contributed by atoms with Gasteiger partial charge in [0.1, 0.15) is 17.3 Å². The maximum Gasteiger partial charge on any atom is 0.254 e. The van der Waals surface area contributed by atoms with E-state index in [-0.39, 0.29) is 30.4 Å². The van der Waals surface area contributed by atoms with Crippen LogP contribution in [-0.2, 0) is 10.0 Å². The van der Waals surface area contributed by atoms with Gasteiger partial charge in [-0.1, -0.05) is 0 Å². The van der Waals surface area contributed by atoms with Crippen molar-refractivity contribution in [3.63, 3.8) is 0 Å². The molecule has 2 aromatic rings. The molecule has 9 heteroatoms. The molecule has 3 rings (SSSR count). The van der Waals surface area contributed by atoms with Crippen molar-refractivity contribution in [1.29, 1.82) is 0 Å². The molecule has 1 aliphatic rings. The van der Waals surface area contributed by atoms with E-state index in [2.05, 4.69) is 0 Å². The lowest BCUT2D eigenvalue weighted by molar-refractivity contribution is 0.0763. The summed E-state index contributed by atoms with van der Waals surface area (Å²) in [7, 11) is -0.734. The van der Waals surface area contributed by atoms with Crippen LogP contribution in [0, 0.1) is 5.82 Å². The molecule has 1 amide bonds. The topological polar surface area (TPSA) is 76.2 Å². The van der Waals surface area contributed by atoms with Gasteiger partial charge in [-0.3, -0.25) is 4.79 Å². The molecule has 0 N–H and O–H groups in total. The summed E-state index contributed by atoms with van der Waals surface area (Å²) in [5.74, 6) is 0.291. The molecule has 0 bridgehead atoms. The Labute approximate surface area is 169 Å². The Morgan fingerprint density at radius 1 is 0.931 bits per heavy atom. The van der Waals surface area contributed by atoms with Crippen LogP contribution in [0.2, 0.25) is 0 Å². The van der Waals surface area contributed by atoms with Crippen molar-refractivity contribution in [2.75, 3.05) is 40.4 Å². The maximum atomic E-state index is 13.1. The summed E-state index contributed by atoms with van der Waals surface area (Å²) in [4.78, 5) is 14.6. The molecule has 1 fully saturated rings. The number of hydrogen-bond donors (Lipinski definition) is 0. The number of benzene rings is 2. The number of amides is 1. The lowest BCUT2D eigenvalue weighted by Gasteiger charge is -2.22. The van der Waals surface area contributed by atoms with Crippen molar-refractivity contribution in [2.45, 2.75) is 11.3 Å². The van der Waals surface area contributed by atoms with Gasteiger partial charge in [-0.25, -0.2) is 12.8 Å². The maximum absolute atomic E-state index is 13.1. The number of carbonyl (C=O) groups excluding carboxylic acids is 1. The van der Waals surface area contributed by atoms with Crippen molar-refractivity contribution >= 4 is 15.9 Å². The highest BCUT2D eigenvalue weighted by atomic mass is 32.2. The predicted molar refractivity (Wildman–Crippen MR) is 105 cm³/mol. The monoisotopic (exact) mass is 422 g/mol. The van der Waals surface area contributed by atoms with Crippen LogP contribution in [0.4, 0.5) is 4.39 Å². The van der Waals surface area contributed by atoms with Crippen LogP contribution in [0.1, 0.15) is 16.8 Å². The Hall–Kier alpha value is -2.65. The van der Waals surface area contributed by atoms with Gasteiger partial charge in [-0.15, -0.1) is 0 Å². The number of sulfonamides is 1. The van der Waals surface area contributed by atoms with Crippen LogP contribution in [0.25, 0.3) is 0 Å². The van der Waals surface area contributed by atoms with Gasteiger partial charge in [-0.05, 0) is 42.8 Å². The van der Waals surface area contributed by atoms with Gasteiger partial charge in [0.05, 0.1) is 19.1 Å². The molecular weight excluding hydrogens is 399 g/mol. The normalized spacial score (nSPS) is 15.6. The molecule has 0 atom stereocenters. The van der Waals surface area contributed by atoms with Crippen molar-refractivity contribution in [3.8, 4) is 11.5 Å². The predicted octanol–water partition coefficient (Wildman–Crippen LogP) is 2.38.